The molecule has 0 saturated carbocycles. The van der Waals surface area contributed by atoms with E-state index in [1.165, 1.54) is 0 Å². The van der Waals surface area contributed by atoms with Gasteiger partial charge in [0.1, 0.15) is 5.75 Å². The number of carbonyl (C=O) groups excluding carboxylic acids is 1. The molecule has 4 heteroatoms. The van der Waals surface area contributed by atoms with Crippen LogP contribution in [0.1, 0.15) is 11.1 Å². The summed E-state index contributed by atoms with van der Waals surface area (Å²) < 4.78 is 0. The van der Waals surface area contributed by atoms with Gasteiger partial charge in [0, 0.05) is 11.6 Å². The molecule has 0 unspecified atom stereocenters. The van der Waals surface area contributed by atoms with Gasteiger partial charge in [-0.2, -0.15) is 0 Å². The lowest BCUT2D eigenvalue weighted by Gasteiger charge is -2.09. The second kappa shape index (κ2) is 6.25. The van der Waals surface area contributed by atoms with Crippen molar-refractivity contribution in [3.05, 3.63) is 59.7 Å². The minimum absolute atomic E-state index is 0.136. The first kappa shape index (κ1) is 13.4. The fraction of sp³-hybridized carbons (Fsp3) is 0.133. The molecule has 0 atom stereocenters. The van der Waals surface area contributed by atoms with Gasteiger partial charge < -0.3 is 10.4 Å². The summed E-state index contributed by atoms with van der Waals surface area (Å²) in [4.78, 5) is 11.9. The average Bonchev–Trinajstić information content (AvgIpc) is 2.39. The van der Waals surface area contributed by atoms with Crippen LogP contribution in [0.5, 0.6) is 5.75 Å². The van der Waals surface area contributed by atoms with Gasteiger partial charge in [-0.3, -0.25) is 4.79 Å². The predicted molar refractivity (Wildman–Crippen MR) is 76.4 cm³/mol. The Bertz CT molecular complexity index is 584. The van der Waals surface area contributed by atoms with Crippen LogP contribution in [-0.4, -0.2) is 11.0 Å². The smallest absolute Gasteiger partial charge is 0.228 e. The van der Waals surface area contributed by atoms with Crippen LogP contribution < -0.4 is 5.32 Å². The summed E-state index contributed by atoms with van der Waals surface area (Å²) in [5.74, 6) is 0.373. The summed E-state index contributed by atoms with van der Waals surface area (Å²) in [6.45, 7) is 0. The van der Waals surface area contributed by atoms with Crippen LogP contribution in [0.3, 0.4) is 0 Å². The standard InChI is InChI=1S/C15H14ClNO2/c16-10-12-5-1-2-7-14(12)17-15(19)9-11-4-3-6-13(18)8-11/h1-8,18H,9-10H2,(H,17,19). The molecule has 0 spiro atoms. The quantitative estimate of drug-likeness (QED) is 0.841. The van der Waals surface area contributed by atoms with Gasteiger partial charge >= 0.3 is 0 Å². The third-order valence-electron chi connectivity index (χ3n) is 2.71. The Morgan fingerprint density at radius 1 is 1.16 bits per heavy atom. The number of hydrogen-bond acceptors (Lipinski definition) is 2. The zero-order valence-corrected chi connectivity index (χ0v) is 11.0. The second-order valence-corrected chi connectivity index (χ2v) is 4.45. The molecule has 0 bridgehead atoms. The van der Waals surface area contributed by atoms with E-state index in [0.29, 0.717) is 5.88 Å². The van der Waals surface area contributed by atoms with Crippen molar-refractivity contribution >= 4 is 23.2 Å². The van der Waals surface area contributed by atoms with Crippen molar-refractivity contribution in [3.63, 3.8) is 0 Å². The van der Waals surface area contributed by atoms with Crippen molar-refractivity contribution in [1.82, 2.24) is 0 Å². The molecule has 0 heterocycles. The Kier molecular flexibility index (Phi) is 4.42. The fourth-order valence-corrected chi connectivity index (χ4v) is 2.04. The number of alkyl halides is 1. The topological polar surface area (TPSA) is 49.3 Å². The van der Waals surface area contributed by atoms with Gasteiger partial charge in [-0.25, -0.2) is 0 Å². The molecule has 0 radical (unpaired) electrons. The maximum atomic E-state index is 11.9. The molecule has 0 fully saturated rings. The number of halogens is 1. The summed E-state index contributed by atoms with van der Waals surface area (Å²) in [6, 6.07) is 14.1. The number of nitrogens with one attached hydrogen (secondary N) is 1. The van der Waals surface area contributed by atoms with Crippen LogP contribution >= 0.6 is 11.6 Å². The minimum atomic E-state index is -0.136. The zero-order valence-electron chi connectivity index (χ0n) is 10.3. The van der Waals surface area contributed by atoms with Gasteiger partial charge in [-0.15, -0.1) is 11.6 Å². The number of phenols is 1. The van der Waals surface area contributed by atoms with Gasteiger partial charge in [-0.05, 0) is 29.3 Å². The number of anilines is 1. The van der Waals surface area contributed by atoms with Crippen LogP contribution in [0.15, 0.2) is 48.5 Å². The molecular weight excluding hydrogens is 262 g/mol. The fourth-order valence-electron chi connectivity index (χ4n) is 1.81. The Morgan fingerprint density at radius 2 is 1.95 bits per heavy atom. The molecule has 2 aromatic carbocycles. The molecule has 2 aromatic rings. The van der Waals surface area contributed by atoms with Crippen LogP contribution in [0.2, 0.25) is 0 Å². The normalized spacial score (nSPS) is 10.2. The summed E-state index contributed by atoms with van der Waals surface area (Å²) in [5, 5.41) is 12.2. The van der Waals surface area contributed by atoms with Gasteiger partial charge in [0.05, 0.1) is 6.42 Å². The van der Waals surface area contributed by atoms with E-state index in [1.54, 1.807) is 24.3 Å². The maximum absolute atomic E-state index is 11.9. The largest absolute Gasteiger partial charge is 0.508 e. The lowest BCUT2D eigenvalue weighted by Crippen LogP contribution is -2.15. The summed E-state index contributed by atoms with van der Waals surface area (Å²) in [6.07, 6.45) is 0.213. The number of carbonyl (C=O) groups is 1. The molecule has 3 nitrogen and oxygen atoms in total. The third-order valence-corrected chi connectivity index (χ3v) is 3.00. The van der Waals surface area contributed by atoms with Gasteiger partial charge in [0.15, 0.2) is 0 Å². The zero-order chi connectivity index (χ0) is 13.7. The first-order valence-corrected chi connectivity index (χ1v) is 6.44. The van der Waals surface area contributed by atoms with Crippen molar-refractivity contribution in [2.24, 2.45) is 0 Å². The van der Waals surface area contributed by atoms with Gasteiger partial charge in [0.25, 0.3) is 0 Å². The van der Waals surface area contributed by atoms with Crippen molar-refractivity contribution in [3.8, 4) is 5.75 Å². The monoisotopic (exact) mass is 275 g/mol. The Labute approximate surface area is 116 Å². The Hall–Kier alpha value is -2.00. The first-order chi connectivity index (χ1) is 9.19. The molecular formula is C15H14ClNO2. The summed E-state index contributed by atoms with van der Waals surface area (Å²) >= 11 is 5.81. The maximum Gasteiger partial charge on any atom is 0.228 e. The van der Waals surface area contributed by atoms with Crippen molar-refractivity contribution in [2.75, 3.05) is 5.32 Å². The van der Waals surface area contributed by atoms with E-state index in [1.807, 2.05) is 24.3 Å². The Morgan fingerprint density at radius 3 is 2.68 bits per heavy atom. The number of para-hydroxylation sites is 1. The highest BCUT2D eigenvalue weighted by Crippen LogP contribution is 2.18. The number of amides is 1. The van der Waals surface area contributed by atoms with E-state index in [4.69, 9.17) is 11.6 Å². The van der Waals surface area contributed by atoms with E-state index in [9.17, 15) is 9.90 Å². The van der Waals surface area contributed by atoms with Crippen molar-refractivity contribution in [1.29, 1.82) is 0 Å². The van der Waals surface area contributed by atoms with Crippen LogP contribution in [0.25, 0.3) is 0 Å². The van der Waals surface area contributed by atoms with Crippen LogP contribution in [0, 0.1) is 0 Å². The molecule has 98 valence electrons. The lowest BCUT2D eigenvalue weighted by atomic mass is 10.1. The number of aromatic hydroxyl groups is 1. The highest BCUT2D eigenvalue weighted by Gasteiger charge is 2.07. The Balaban J connectivity index is 2.05. The first-order valence-electron chi connectivity index (χ1n) is 5.90. The average molecular weight is 276 g/mol. The lowest BCUT2D eigenvalue weighted by molar-refractivity contribution is -0.115. The van der Waals surface area contributed by atoms with E-state index >= 15 is 0 Å². The molecule has 0 aromatic heterocycles. The predicted octanol–water partition coefficient (Wildman–Crippen LogP) is 3.31. The van der Waals surface area contributed by atoms with E-state index < -0.39 is 0 Å². The van der Waals surface area contributed by atoms with E-state index in [0.717, 1.165) is 16.8 Å². The third kappa shape index (κ3) is 3.73. The minimum Gasteiger partial charge on any atom is -0.508 e. The molecule has 0 aliphatic carbocycles. The second-order valence-electron chi connectivity index (χ2n) is 4.19. The highest BCUT2D eigenvalue weighted by atomic mass is 35.5. The molecule has 19 heavy (non-hydrogen) atoms. The van der Waals surface area contributed by atoms with Gasteiger partial charge in [-0.1, -0.05) is 30.3 Å². The highest BCUT2D eigenvalue weighted by molar-refractivity contribution is 6.17. The number of hydrogen-bond donors (Lipinski definition) is 2. The van der Waals surface area contributed by atoms with E-state index in [2.05, 4.69) is 5.32 Å². The van der Waals surface area contributed by atoms with E-state index in [-0.39, 0.29) is 18.1 Å². The molecule has 1 amide bonds. The van der Waals surface area contributed by atoms with Crippen molar-refractivity contribution in [2.45, 2.75) is 12.3 Å². The van der Waals surface area contributed by atoms with Crippen LogP contribution in [-0.2, 0) is 17.1 Å². The molecule has 0 saturated heterocycles. The number of phenolic OH excluding ortho intramolecular Hbond substituents is 1. The molecule has 2 rings (SSSR count). The molecule has 2 N–H and O–H groups in total. The SMILES string of the molecule is O=C(Cc1cccc(O)c1)Nc1ccccc1CCl. The van der Waals surface area contributed by atoms with Gasteiger partial charge in [0.2, 0.25) is 5.91 Å². The summed E-state index contributed by atoms with van der Waals surface area (Å²) in [7, 11) is 0. The number of benzene rings is 2. The molecule has 0 aliphatic rings. The van der Waals surface area contributed by atoms with Crippen molar-refractivity contribution < 1.29 is 9.90 Å². The molecule has 0 aliphatic heterocycles. The summed E-state index contributed by atoms with van der Waals surface area (Å²) in [5.41, 5.74) is 2.37. The number of rotatable bonds is 4. The van der Waals surface area contributed by atoms with Crippen LogP contribution in [0.4, 0.5) is 5.69 Å².